The van der Waals surface area contributed by atoms with Gasteiger partial charge in [0.05, 0.1) is 0 Å². The van der Waals surface area contributed by atoms with E-state index in [0.717, 1.165) is 0 Å². The van der Waals surface area contributed by atoms with Gasteiger partial charge in [-0.3, -0.25) is 0 Å². The zero-order chi connectivity index (χ0) is 0. The fourth-order valence-corrected chi connectivity index (χ4v) is 0. The number of rotatable bonds is 0. The van der Waals surface area contributed by atoms with Crippen molar-refractivity contribution in [2.24, 2.45) is 0 Å². The Morgan fingerprint density at radius 1 is 0.120 bits per heavy atom. The van der Waals surface area contributed by atoms with Crippen molar-refractivity contribution in [2.75, 3.05) is 0 Å². The van der Waals surface area contributed by atoms with Gasteiger partial charge in [0.2, 0.25) is 0 Å². The molecule has 0 fully saturated rings. The summed E-state index contributed by atoms with van der Waals surface area (Å²) in [5.41, 5.74) is 0. The molecule has 0 saturated heterocycles. The van der Waals surface area contributed by atoms with Crippen LogP contribution in [0.2, 0.25) is 0 Å². The smallest absolute Gasteiger partial charge is 1.00 e. The zero-order valence-electron chi connectivity index (χ0n) is 45.2. The third-order valence-electron chi connectivity index (χ3n) is 0. The van der Waals surface area contributed by atoms with Crippen molar-refractivity contribution in [3.63, 3.8) is 0 Å². The Balaban J connectivity index is 0. The van der Waals surface area contributed by atoms with E-state index in [1.807, 2.05) is 0 Å². The summed E-state index contributed by atoms with van der Waals surface area (Å²) in [5.74, 6) is 0. The first-order valence-electron chi connectivity index (χ1n) is 0. The van der Waals surface area contributed by atoms with E-state index >= 15 is 0 Å². The van der Waals surface area contributed by atoms with Gasteiger partial charge in [0.25, 0.3) is 0 Å². The second kappa shape index (κ2) is 189. The van der Waals surface area contributed by atoms with E-state index in [-0.39, 0.29) is 719 Å². The van der Waals surface area contributed by atoms with E-state index in [1.54, 1.807) is 0 Å². The van der Waals surface area contributed by atoms with Crippen molar-refractivity contribution in [1.29, 1.82) is 0 Å². The first kappa shape index (κ1) is 201. The van der Waals surface area contributed by atoms with E-state index in [4.69, 9.17) is 0 Å². The molecule has 0 heterocycles. The molecule has 0 aromatic carbocycles. The fraction of sp³-hybridized carbons (Fsp3) is 0. The predicted octanol–water partition coefficient (Wildman–Crippen LogP) is -62.2. The molecule has 0 aliphatic heterocycles. The first-order chi connectivity index (χ1) is 0. The average molecular weight is 637 g/mol. The largest absolute Gasteiger partial charge is 1.00 e. The van der Waals surface area contributed by atoms with Crippen molar-refractivity contribution in [3.8, 4) is 0 Å². The monoisotopic (exact) mass is 636 g/mol. The summed E-state index contributed by atoms with van der Waals surface area (Å²) >= 11 is 0. The SMILES string of the molecule is Cl.Cl.Cl.[H-].[H-].[H-].[H-].[H-].[H-].[H-].[H-].[H-].[H-].[H-].[H-].[H-].[H-].[H-].[H-].[H-].[H-].[H-].[H-].[H-].[H-].[Na+].[Na+].[Na+].[Na+].[Na+].[Na+].[Na+].[Na+].[Na+].[Na+].[Na+].[Na+].[Na+].[Na+].[Na+].[Na+].[Na+].[Na+].[Na+].[Na+].[Na+].[Na+]. The maximum atomic E-state index is 0. The van der Waals surface area contributed by atoms with Crippen LogP contribution in [-0.2, 0) is 0 Å². The van der Waals surface area contributed by atoms with Crippen LogP contribution in [0.5, 0.6) is 0 Å². The van der Waals surface area contributed by atoms with Crippen LogP contribution in [0, 0.1) is 0 Å². The van der Waals surface area contributed by atoms with Gasteiger partial charge in [0.15, 0.2) is 0 Å². The molecule has 0 amide bonds. The van der Waals surface area contributed by atoms with Gasteiger partial charge in [0, 0.05) is 0 Å². The molecule has 0 aliphatic rings. The van der Waals surface area contributed by atoms with Crippen molar-refractivity contribution < 1.29 is 682 Å². The van der Waals surface area contributed by atoms with Gasteiger partial charge in [-0.25, -0.2) is 0 Å². The van der Waals surface area contributed by atoms with Crippen LogP contribution in [0.15, 0.2) is 0 Å². The molecule has 0 aromatic heterocycles. The van der Waals surface area contributed by atoms with E-state index in [1.165, 1.54) is 0 Å². The van der Waals surface area contributed by atoms with Crippen LogP contribution < -0.4 is 650 Å². The molecule has 0 radical (unpaired) electrons. The molecule has 0 nitrogen and oxygen atoms in total. The molecular formula is H25Cl3Na22. The van der Waals surface area contributed by atoms with Crippen molar-refractivity contribution in [3.05, 3.63) is 0 Å². The maximum absolute atomic E-state index is 0. The van der Waals surface area contributed by atoms with Crippen LogP contribution in [0.3, 0.4) is 0 Å². The molecule has 0 aliphatic carbocycles. The molecule has 25 heavy (non-hydrogen) atoms. The van der Waals surface area contributed by atoms with Crippen LogP contribution in [0.25, 0.3) is 0 Å². The molecule has 0 bridgehead atoms. The van der Waals surface area contributed by atoms with Gasteiger partial charge in [-0.1, -0.05) is 0 Å². The van der Waals surface area contributed by atoms with Crippen molar-refractivity contribution >= 4 is 37.2 Å². The van der Waals surface area contributed by atoms with Crippen LogP contribution in [0.1, 0.15) is 31.4 Å². The molecule has 0 saturated carbocycles. The Morgan fingerprint density at radius 2 is 0.120 bits per heavy atom. The predicted molar refractivity (Wildman–Crippen MR) is 46.2 cm³/mol. The van der Waals surface area contributed by atoms with Crippen LogP contribution in [-0.4, -0.2) is 0 Å². The average Bonchev–Trinajstić information content (AvgIpc) is 0. The number of hydrogen-bond donors (Lipinski definition) is 0. The number of halogens is 3. The Kier molecular flexibility index (Phi) is 1520. The molecule has 0 unspecified atom stereocenters. The first-order valence-corrected chi connectivity index (χ1v) is 0. The standard InChI is InChI=1S/3ClH.22Na.22H/h3*1H;;;;;;;;;;;;;;;;;;;;;;;;;;;;;;;;;;;;;;;;;;;;/q;;;22*+1;22*-1. The minimum absolute atomic E-state index is 0. The molecule has 68 valence electrons. The van der Waals surface area contributed by atoms with Crippen molar-refractivity contribution in [1.82, 2.24) is 0 Å². The summed E-state index contributed by atoms with van der Waals surface area (Å²) in [6.45, 7) is 0. The summed E-state index contributed by atoms with van der Waals surface area (Å²) in [6.07, 6.45) is 0. The second-order valence-corrected chi connectivity index (χ2v) is 0. The molecular weight excluding hydrogens is 612 g/mol. The third-order valence-corrected chi connectivity index (χ3v) is 0. The Bertz CT molecular complexity index is 60.1. The summed E-state index contributed by atoms with van der Waals surface area (Å²) in [7, 11) is 0. The molecule has 0 N–H and O–H groups in total. The quantitative estimate of drug-likeness (QED) is 0.232. The van der Waals surface area contributed by atoms with Crippen molar-refractivity contribution in [2.45, 2.75) is 0 Å². The normalized spacial score (nSPS) is 0. The Hall–Kier alpha value is 22.9. The van der Waals surface area contributed by atoms with Crippen LogP contribution >= 0.6 is 37.2 Å². The molecule has 0 aromatic rings. The van der Waals surface area contributed by atoms with Gasteiger partial charge >= 0.3 is 650 Å². The fourth-order valence-electron chi connectivity index (χ4n) is 0. The summed E-state index contributed by atoms with van der Waals surface area (Å²) in [5, 5.41) is 0. The third kappa shape index (κ3) is 180. The van der Waals surface area contributed by atoms with E-state index < -0.39 is 0 Å². The van der Waals surface area contributed by atoms with Gasteiger partial charge in [-0.2, -0.15) is 0 Å². The van der Waals surface area contributed by atoms with Crippen LogP contribution in [0.4, 0.5) is 0 Å². The number of hydrogen-bond acceptors (Lipinski definition) is 0. The van der Waals surface area contributed by atoms with Gasteiger partial charge in [-0.05, 0) is 0 Å². The second-order valence-electron chi connectivity index (χ2n) is 0. The molecule has 25 heteroatoms. The molecule has 0 atom stereocenters. The van der Waals surface area contributed by atoms with Gasteiger partial charge < -0.3 is 31.4 Å². The molecule has 0 spiro atoms. The van der Waals surface area contributed by atoms with Gasteiger partial charge in [0.1, 0.15) is 0 Å². The zero-order valence-corrected chi connectivity index (χ0v) is 69.7. The Morgan fingerprint density at radius 3 is 0.120 bits per heavy atom. The maximum Gasteiger partial charge on any atom is 1.00 e. The summed E-state index contributed by atoms with van der Waals surface area (Å²) in [4.78, 5) is 0. The van der Waals surface area contributed by atoms with E-state index in [0.29, 0.717) is 0 Å². The molecule has 0 rings (SSSR count). The minimum atomic E-state index is 0. The van der Waals surface area contributed by atoms with Gasteiger partial charge in [-0.15, -0.1) is 37.2 Å². The topological polar surface area (TPSA) is 0 Å². The Labute approximate surface area is 696 Å². The summed E-state index contributed by atoms with van der Waals surface area (Å²) in [6, 6.07) is 0. The van der Waals surface area contributed by atoms with E-state index in [9.17, 15) is 0 Å². The van der Waals surface area contributed by atoms with E-state index in [2.05, 4.69) is 0 Å². The minimum Gasteiger partial charge on any atom is -1.00 e. The summed E-state index contributed by atoms with van der Waals surface area (Å²) < 4.78 is 0.